The third-order valence-corrected chi connectivity index (χ3v) is 0.866. The Morgan fingerprint density at radius 3 is 2.08 bits per heavy atom. The highest BCUT2D eigenvalue weighted by Crippen LogP contribution is 1.85. The summed E-state index contributed by atoms with van der Waals surface area (Å²) in [6, 6.07) is 0. The van der Waals surface area contributed by atoms with Gasteiger partial charge in [0.15, 0.2) is 0 Å². The minimum Gasteiger partial charge on any atom is -0.478 e. The van der Waals surface area contributed by atoms with Crippen LogP contribution >= 0.6 is 0 Å². The van der Waals surface area contributed by atoms with Crippen molar-refractivity contribution < 1.29 is 24.2 Å². The van der Waals surface area contributed by atoms with E-state index in [2.05, 4.69) is 4.74 Å². The average molecular weight is 184 g/mol. The van der Waals surface area contributed by atoms with Crippen LogP contribution in [0.1, 0.15) is 6.92 Å². The first-order chi connectivity index (χ1) is 6.06. The standard InChI is InChI=1S/C8H8O5/c1-2-3-7(11)13-8(12)5-4-6(9)10/h2-5H,1H3,(H,9,10)/b3-2?,5-4-. The van der Waals surface area contributed by atoms with Gasteiger partial charge >= 0.3 is 17.9 Å². The zero-order chi connectivity index (χ0) is 10.3. The van der Waals surface area contributed by atoms with Crippen molar-refractivity contribution in [3.05, 3.63) is 24.3 Å². The Balaban J connectivity index is 4.02. The van der Waals surface area contributed by atoms with Gasteiger partial charge in [-0.25, -0.2) is 14.4 Å². The Morgan fingerprint density at radius 2 is 1.62 bits per heavy atom. The molecule has 0 bridgehead atoms. The summed E-state index contributed by atoms with van der Waals surface area (Å²) in [6.45, 7) is 1.58. The lowest BCUT2D eigenvalue weighted by Gasteiger charge is -1.92. The smallest absolute Gasteiger partial charge is 0.338 e. The first-order valence-electron chi connectivity index (χ1n) is 3.35. The predicted molar refractivity (Wildman–Crippen MR) is 42.7 cm³/mol. The molecule has 0 heterocycles. The van der Waals surface area contributed by atoms with Gasteiger partial charge in [-0.15, -0.1) is 0 Å². The lowest BCUT2D eigenvalue weighted by Crippen LogP contribution is -2.07. The predicted octanol–water partition coefficient (Wildman–Crippen LogP) is 0.273. The summed E-state index contributed by atoms with van der Waals surface area (Å²) < 4.78 is 4.13. The SMILES string of the molecule is CC=CC(=O)OC(=O)/C=C\C(=O)O. The molecular weight excluding hydrogens is 176 g/mol. The molecule has 0 aromatic carbocycles. The molecule has 0 aromatic heterocycles. The molecule has 0 amide bonds. The van der Waals surface area contributed by atoms with Crippen LogP contribution in [0.25, 0.3) is 0 Å². The number of ether oxygens (including phenoxy) is 1. The van der Waals surface area contributed by atoms with Crippen LogP contribution in [0.4, 0.5) is 0 Å². The second kappa shape index (κ2) is 5.70. The van der Waals surface area contributed by atoms with E-state index >= 15 is 0 Å². The zero-order valence-corrected chi connectivity index (χ0v) is 6.89. The fraction of sp³-hybridized carbons (Fsp3) is 0.125. The lowest BCUT2D eigenvalue weighted by atomic mass is 10.5. The first kappa shape index (κ1) is 11.1. The number of esters is 2. The van der Waals surface area contributed by atoms with Crippen molar-refractivity contribution >= 4 is 17.9 Å². The Bertz CT molecular complexity index is 274. The Hall–Kier alpha value is -1.91. The van der Waals surface area contributed by atoms with Gasteiger partial charge in [0.05, 0.1) is 0 Å². The largest absolute Gasteiger partial charge is 0.478 e. The molecule has 13 heavy (non-hydrogen) atoms. The van der Waals surface area contributed by atoms with Crippen molar-refractivity contribution in [2.24, 2.45) is 0 Å². The highest BCUT2D eigenvalue weighted by molar-refractivity contribution is 5.98. The second-order valence-electron chi connectivity index (χ2n) is 1.91. The van der Waals surface area contributed by atoms with E-state index in [-0.39, 0.29) is 0 Å². The number of carbonyl (C=O) groups excluding carboxylic acids is 2. The molecule has 0 radical (unpaired) electrons. The van der Waals surface area contributed by atoms with Crippen LogP contribution in [-0.2, 0) is 19.1 Å². The number of carboxylic acids is 1. The van der Waals surface area contributed by atoms with E-state index in [0.29, 0.717) is 12.2 Å². The quantitative estimate of drug-likeness (QED) is 0.387. The fourth-order valence-corrected chi connectivity index (χ4v) is 0.443. The van der Waals surface area contributed by atoms with Crippen LogP contribution in [0.5, 0.6) is 0 Å². The molecule has 0 aromatic rings. The molecule has 5 nitrogen and oxygen atoms in total. The molecule has 0 aliphatic heterocycles. The maximum atomic E-state index is 10.6. The van der Waals surface area contributed by atoms with E-state index in [0.717, 1.165) is 6.08 Å². The van der Waals surface area contributed by atoms with Crippen molar-refractivity contribution in [3.8, 4) is 0 Å². The van der Waals surface area contributed by atoms with Crippen molar-refractivity contribution in [2.45, 2.75) is 6.92 Å². The van der Waals surface area contributed by atoms with E-state index in [4.69, 9.17) is 5.11 Å². The van der Waals surface area contributed by atoms with Crippen molar-refractivity contribution in [3.63, 3.8) is 0 Å². The highest BCUT2D eigenvalue weighted by Gasteiger charge is 2.02. The van der Waals surface area contributed by atoms with Gasteiger partial charge in [0, 0.05) is 18.2 Å². The van der Waals surface area contributed by atoms with Gasteiger partial charge < -0.3 is 9.84 Å². The molecule has 5 heteroatoms. The van der Waals surface area contributed by atoms with Gasteiger partial charge in [0.1, 0.15) is 0 Å². The monoisotopic (exact) mass is 184 g/mol. The number of carbonyl (C=O) groups is 3. The first-order valence-corrected chi connectivity index (χ1v) is 3.35. The number of allylic oxidation sites excluding steroid dienone is 1. The Kier molecular flexibility index (Phi) is 4.87. The van der Waals surface area contributed by atoms with Gasteiger partial charge in [-0.05, 0) is 6.92 Å². The number of aliphatic carboxylic acids is 1. The molecule has 1 N–H and O–H groups in total. The van der Waals surface area contributed by atoms with Crippen LogP contribution < -0.4 is 0 Å². The summed E-state index contributed by atoms with van der Waals surface area (Å²) in [7, 11) is 0. The number of hydrogen-bond donors (Lipinski definition) is 1. The molecule has 0 unspecified atom stereocenters. The van der Waals surface area contributed by atoms with E-state index in [1.165, 1.54) is 6.08 Å². The zero-order valence-electron chi connectivity index (χ0n) is 6.89. The Labute approximate surface area is 74.3 Å². The molecule has 0 saturated heterocycles. The lowest BCUT2D eigenvalue weighted by molar-refractivity contribution is -0.152. The Morgan fingerprint density at radius 1 is 1.08 bits per heavy atom. The maximum absolute atomic E-state index is 10.6. The summed E-state index contributed by atoms with van der Waals surface area (Å²) in [5, 5.41) is 8.11. The van der Waals surface area contributed by atoms with E-state index < -0.39 is 17.9 Å². The van der Waals surface area contributed by atoms with Gasteiger partial charge in [0.25, 0.3) is 0 Å². The minimum absolute atomic E-state index is 0.589. The van der Waals surface area contributed by atoms with Crippen LogP contribution in [0.2, 0.25) is 0 Å². The molecular formula is C8H8O5. The van der Waals surface area contributed by atoms with E-state index in [9.17, 15) is 14.4 Å². The molecule has 0 aliphatic rings. The highest BCUT2D eigenvalue weighted by atomic mass is 16.6. The summed E-state index contributed by atoms with van der Waals surface area (Å²) >= 11 is 0. The normalized spacial score (nSPS) is 10.5. The van der Waals surface area contributed by atoms with Crippen molar-refractivity contribution in [1.82, 2.24) is 0 Å². The third kappa shape index (κ3) is 6.49. The molecule has 0 aliphatic carbocycles. The van der Waals surface area contributed by atoms with Gasteiger partial charge in [-0.1, -0.05) is 6.08 Å². The van der Waals surface area contributed by atoms with Crippen LogP contribution in [0.3, 0.4) is 0 Å². The fourth-order valence-electron chi connectivity index (χ4n) is 0.443. The topological polar surface area (TPSA) is 80.7 Å². The molecule has 0 atom stereocenters. The van der Waals surface area contributed by atoms with Crippen LogP contribution in [-0.4, -0.2) is 23.0 Å². The second-order valence-corrected chi connectivity index (χ2v) is 1.91. The van der Waals surface area contributed by atoms with Crippen molar-refractivity contribution in [2.75, 3.05) is 0 Å². The van der Waals surface area contributed by atoms with Gasteiger partial charge in [-0.3, -0.25) is 0 Å². The summed E-state index contributed by atoms with van der Waals surface area (Å²) in [6.07, 6.45) is 3.69. The molecule has 0 fully saturated rings. The minimum atomic E-state index is -1.28. The molecule has 0 rings (SSSR count). The van der Waals surface area contributed by atoms with Crippen molar-refractivity contribution in [1.29, 1.82) is 0 Å². The summed E-state index contributed by atoms with van der Waals surface area (Å²) in [5.74, 6) is -3.12. The molecule has 70 valence electrons. The molecule has 0 spiro atoms. The third-order valence-electron chi connectivity index (χ3n) is 0.866. The number of carboxylic acid groups (broad SMARTS) is 1. The maximum Gasteiger partial charge on any atom is 0.338 e. The average Bonchev–Trinajstić information content (AvgIpc) is 2.01. The van der Waals surface area contributed by atoms with E-state index in [1.807, 2.05) is 0 Å². The molecule has 0 saturated carbocycles. The van der Waals surface area contributed by atoms with Crippen LogP contribution in [0.15, 0.2) is 24.3 Å². The van der Waals surface area contributed by atoms with Gasteiger partial charge in [-0.2, -0.15) is 0 Å². The number of hydrogen-bond acceptors (Lipinski definition) is 4. The van der Waals surface area contributed by atoms with Gasteiger partial charge in [0.2, 0.25) is 0 Å². The summed E-state index contributed by atoms with van der Waals surface area (Å²) in [4.78, 5) is 31.1. The van der Waals surface area contributed by atoms with Crippen LogP contribution in [0, 0.1) is 0 Å². The summed E-state index contributed by atoms with van der Waals surface area (Å²) in [5.41, 5.74) is 0. The van der Waals surface area contributed by atoms with E-state index in [1.54, 1.807) is 6.92 Å². The number of rotatable bonds is 3.